The van der Waals surface area contributed by atoms with Crippen molar-refractivity contribution in [2.24, 2.45) is 0 Å². The Morgan fingerprint density at radius 1 is 1.80 bits per heavy atom. The Kier molecular flexibility index (Phi) is 3.80. The van der Waals surface area contributed by atoms with E-state index >= 15 is 0 Å². The van der Waals surface area contributed by atoms with Crippen LogP contribution in [0.4, 0.5) is 4.39 Å². The molecule has 0 aromatic heterocycles. The van der Waals surface area contributed by atoms with E-state index in [9.17, 15) is 4.39 Å². The van der Waals surface area contributed by atoms with Crippen LogP contribution in [0.1, 0.15) is 6.42 Å². The van der Waals surface area contributed by atoms with Crippen molar-refractivity contribution in [2.75, 3.05) is 6.67 Å². The number of alkyl halides is 1. The molecule has 0 unspecified atom stereocenters. The maximum absolute atomic E-state index is 10.8. The summed E-state index contributed by atoms with van der Waals surface area (Å²) in [7, 11) is 0. The molecule has 0 aliphatic carbocycles. The highest BCUT2D eigenvalue weighted by Gasteiger charge is 1.73. The van der Waals surface area contributed by atoms with E-state index in [-0.39, 0.29) is 6.42 Å². The molecule has 0 heterocycles. The molecule has 0 spiro atoms. The van der Waals surface area contributed by atoms with Gasteiger partial charge in [0.15, 0.2) is 0 Å². The molecule has 0 aliphatic heterocycles. The predicted molar refractivity (Wildman–Crippen MR) is 16.8 cm³/mol. The summed E-state index contributed by atoms with van der Waals surface area (Å²) in [5.74, 6) is 0. The molecule has 0 aromatic rings. The van der Waals surface area contributed by atoms with E-state index in [4.69, 9.17) is 5.11 Å². The van der Waals surface area contributed by atoms with Gasteiger partial charge in [0.05, 0.1) is 13.3 Å². The van der Waals surface area contributed by atoms with Gasteiger partial charge in [-0.2, -0.15) is 0 Å². The normalized spacial score (nSPS) is 8.40. The van der Waals surface area contributed by atoms with Gasteiger partial charge in [-0.05, 0) is 0 Å². The Labute approximate surface area is 30.4 Å². The van der Waals surface area contributed by atoms with Crippen LogP contribution in [-0.2, 0) is 0 Å². The van der Waals surface area contributed by atoms with Crippen LogP contribution in [0.3, 0.4) is 0 Å². The molecule has 31 valence electrons. The molecule has 1 radical (unpaired) electrons. The Hall–Kier alpha value is -0.110. The molecule has 0 saturated carbocycles. The molecule has 0 fully saturated rings. The SMILES string of the molecule is O[CH]CCF. The van der Waals surface area contributed by atoms with E-state index in [1.54, 1.807) is 0 Å². The topological polar surface area (TPSA) is 20.2 Å². The Morgan fingerprint density at radius 3 is 2.40 bits per heavy atom. The molecule has 5 heavy (non-hydrogen) atoms. The number of aliphatic hydroxyl groups is 1. The third kappa shape index (κ3) is 3.89. The number of rotatable bonds is 2. The third-order valence-corrected chi connectivity index (χ3v) is 0.238. The zero-order valence-electron chi connectivity index (χ0n) is 2.82. The fourth-order valence-corrected chi connectivity index (χ4v) is 0.0488. The van der Waals surface area contributed by atoms with Gasteiger partial charge in [-0.3, -0.25) is 4.39 Å². The van der Waals surface area contributed by atoms with Crippen LogP contribution in [0.2, 0.25) is 0 Å². The average Bonchev–Trinajstić information content (AvgIpc) is 1.41. The lowest BCUT2D eigenvalue weighted by Crippen LogP contribution is -1.72. The molecule has 0 aliphatic rings. The van der Waals surface area contributed by atoms with Gasteiger partial charge in [-0.15, -0.1) is 0 Å². The van der Waals surface area contributed by atoms with Crippen LogP contribution < -0.4 is 0 Å². The van der Waals surface area contributed by atoms with Crippen LogP contribution >= 0.6 is 0 Å². The minimum atomic E-state index is -0.462. The standard InChI is InChI=1S/C3H6FO/c4-2-1-3-5/h3,5H,1-2H2. The average molecular weight is 77.1 g/mol. The fraction of sp³-hybridized carbons (Fsp3) is 0.667. The molecule has 0 saturated heterocycles. The number of hydrogen-bond acceptors (Lipinski definition) is 1. The monoisotopic (exact) mass is 77.0 g/mol. The maximum Gasteiger partial charge on any atom is 0.0920 e. The summed E-state index contributed by atoms with van der Waals surface area (Å²) in [5, 5.41) is 7.70. The second-order valence-electron chi connectivity index (χ2n) is 0.660. The van der Waals surface area contributed by atoms with Crippen molar-refractivity contribution >= 4 is 0 Å². The van der Waals surface area contributed by atoms with Crippen molar-refractivity contribution in [2.45, 2.75) is 6.42 Å². The summed E-state index contributed by atoms with van der Waals surface area (Å²) in [6.07, 6.45) is 0.153. The molecule has 0 amide bonds. The van der Waals surface area contributed by atoms with Gasteiger partial charge in [0, 0.05) is 6.42 Å². The minimum absolute atomic E-state index is 0.153. The van der Waals surface area contributed by atoms with Crippen molar-refractivity contribution in [1.29, 1.82) is 0 Å². The third-order valence-electron chi connectivity index (χ3n) is 0.238. The van der Waals surface area contributed by atoms with Gasteiger partial charge in [0.1, 0.15) is 0 Å². The molecule has 0 bridgehead atoms. The molecule has 0 rings (SSSR count). The zero-order chi connectivity index (χ0) is 4.12. The molecule has 0 atom stereocenters. The number of hydrogen-bond donors (Lipinski definition) is 1. The Morgan fingerprint density at radius 2 is 2.40 bits per heavy atom. The first kappa shape index (κ1) is 4.89. The van der Waals surface area contributed by atoms with Crippen LogP contribution in [0.15, 0.2) is 0 Å². The number of aliphatic hydroxyl groups excluding tert-OH is 1. The summed E-state index contributed by atoms with van der Waals surface area (Å²) in [6, 6.07) is 0. The van der Waals surface area contributed by atoms with Crippen LogP contribution in [0, 0.1) is 6.61 Å². The van der Waals surface area contributed by atoms with E-state index in [1.807, 2.05) is 0 Å². The summed E-state index contributed by atoms with van der Waals surface area (Å²) in [6.45, 7) is 0.344. The van der Waals surface area contributed by atoms with Crippen molar-refractivity contribution in [1.82, 2.24) is 0 Å². The zero-order valence-corrected chi connectivity index (χ0v) is 2.82. The Balaban J connectivity index is 2.19. The molecule has 1 N–H and O–H groups in total. The highest BCUT2D eigenvalue weighted by atomic mass is 19.1. The fourth-order valence-electron chi connectivity index (χ4n) is 0.0488. The Bertz CT molecular complexity index is 14.4. The van der Waals surface area contributed by atoms with Crippen LogP contribution in [-0.4, -0.2) is 11.8 Å². The summed E-state index contributed by atoms with van der Waals surface area (Å²) in [5.41, 5.74) is 0. The minimum Gasteiger partial charge on any atom is -0.390 e. The summed E-state index contributed by atoms with van der Waals surface area (Å²) >= 11 is 0. The van der Waals surface area contributed by atoms with Crippen molar-refractivity contribution < 1.29 is 9.50 Å². The lowest BCUT2D eigenvalue weighted by atomic mass is 10.5. The van der Waals surface area contributed by atoms with E-state index in [0.29, 0.717) is 0 Å². The highest BCUT2D eigenvalue weighted by molar-refractivity contribution is 4.40. The van der Waals surface area contributed by atoms with Crippen molar-refractivity contribution in [3.05, 3.63) is 6.61 Å². The number of halogens is 1. The van der Waals surface area contributed by atoms with Gasteiger partial charge in [-0.25, -0.2) is 0 Å². The molecular formula is C3H6FO. The molecular weight excluding hydrogens is 71.0 g/mol. The summed E-state index contributed by atoms with van der Waals surface area (Å²) in [4.78, 5) is 0. The molecule has 2 heteroatoms. The second kappa shape index (κ2) is 3.89. The van der Waals surface area contributed by atoms with Gasteiger partial charge < -0.3 is 5.11 Å². The molecule has 0 aromatic carbocycles. The quantitative estimate of drug-likeness (QED) is 0.518. The van der Waals surface area contributed by atoms with E-state index in [1.165, 1.54) is 0 Å². The largest absolute Gasteiger partial charge is 0.390 e. The van der Waals surface area contributed by atoms with E-state index in [2.05, 4.69) is 0 Å². The lowest BCUT2D eigenvalue weighted by molar-refractivity contribution is 0.347. The van der Waals surface area contributed by atoms with Gasteiger partial charge >= 0.3 is 0 Å². The summed E-state index contributed by atoms with van der Waals surface area (Å²) < 4.78 is 10.8. The maximum atomic E-state index is 10.8. The lowest BCUT2D eigenvalue weighted by Gasteiger charge is -1.75. The highest BCUT2D eigenvalue weighted by Crippen LogP contribution is 1.78. The first-order valence-corrected chi connectivity index (χ1v) is 1.43. The predicted octanol–water partition coefficient (Wildman–Crippen LogP) is 0.880. The first-order chi connectivity index (χ1) is 2.41. The van der Waals surface area contributed by atoms with Crippen molar-refractivity contribution in [3.8, 4) is 0 Å². The first-order valence-electron chi connectivity index (χ1n) is 1.43. The second-order valence-corrected chi connectivity index (χ2v) is 0.660. The van der Waals surface area contributed by atoms with Crippen LogP contribution in [0.5, 0.6) is 0 Å². The van der Waals surface area contributed by atoms with Crippen LogP contribution in [0.25, 0.3) is 0 Å². The van der Waals surface area contributed by atoms with E-state index < -0.39 is 6.67 Å². The van der Waals surface area contributed by atoms with Crippen molar-refractivity contribution in [3.63, 3.8) is 0 Å². The van der Waals surface area contributed by atoms with Gasteiger partial charge in [0.25, 0.3) is 0 Å². The smallest absolute Gasteiger partial charge is 0.0920 e. The van der Waals surface area contributed by atoms with Gasteiger partial charge in [0.2, 0.25) is 0 Å². The van der Waals surface area contributed by atoms with Gasteiger partial charge in [-0.1, -0.05) is 0 Å². The molecule has 1 nitrogen and oxygen atoms in total. The van der Waals surface area contributed by atoms with E-state index in [0.717, 1.165) is 6.61 Å².